The average molecular weight is 289 g/mol. The second-order valence-corrected chi connectivity index (χ2v) is 5.66. The van der Waals surface area contributed by atoms with Crippen molar-refractivity contribution in [3.05, 3.63) is 35.8 Å². The number of methoxy groups -OCH3 is 1. The van der Waals surface area contributed by atoms with E-state index in [0.717, 1.165) is 37.4 Å². The molecule has 1 aromatic heterocycles. The van der Waals surface area contributed by atoms with Gasteiger partial charge in [-0.05, 0) is 32.4 Å². The Bertz CT molecular complexity index is 515. The van der Waals surface area contributed by atoms with Gasteiger partial charge in [-0.3, -0.25) is 9.98 Å². The molecule has 5 nitrogen and oxygen atoms in total. The summed E-state index contributed by atoms with van der Waals surface area (Å²) < 4.78 is 5.07. The van der Waals surface area contributed by atoms with Gasteiger partial charge in [-0.15, -0.1) is 0 Å². The lowest BCUT2D eigenvalue weighted by atomic mass is 10.0. The van der Waals surface area contributed by atoms with E-state index in [9.17, 15) is 5.11 Å². The molecule has 0 bridgehead atoms. The van der Waals surface area contributed by atoms with Crippen molar-refractivity contribution in [2.45, 2.75) is 25.9 Å². The summed E-state index contributed by atoms with van der Waals surface area (Å²) in [5.74, 6) is 0. The molecule has 0 radical (unpaired) electrons. The molecular formula is C16H23N3O2. The van der Waals surface area contributed by atoms with Crippen LogP contribution in [0.1, 0.15) is 31.5 Å². The fourth-order valence-electron chi connectivity index (χ4n) is 2.13. The van der Waals surface area contributed by atoms with Gasteiger partial charge in [0, 0.05) is 44.4 Å². The van der Waals surface area contributed by atoms with Crippen LogP contribution in [0.5, 0.6) is 0 Å². The van der Waals surface area contributed by atoms with Gasteiger partial charge in [-0.2, -0.15) is 0 Å². The van der Waals surface area contributed by atoms with Gasteiger partial charge in [0.1, 0.15) is 5.60 Å². The Morgan fingerprint density at radius 1 is 1.38 bits per heavy atom. The first kappa shape index (κ1) is 15.7. The second-order valence-electron chi connectivity index (χ2n) is 5.66. The minimum atomic E-state index is -0.922. The molecular weight excluding hydrogens is 266 g/mol. The normalized spacial score (nSPS) is 15.2. The van der Waals surface area contributed by atoms with Gasteiger partial charge in [-0.1, -0.05) is 0 Å². The Morgan fingerprint density at radius 2 is 2.19 bits per heavy atom. The van der Waals surface area contributed by atoms with Gasteiger partial charge in [0.05, 0.1) is 17.9 Å². The molecule has 0 amide bonds. The zero-order valence-electron chi connectivity index (χ0n) is 12.9. The largest absolute Gasteiger partial charge is 0.385 e. The summed E-state index contributed by atoms with van der Waals surface area (Å²) in [5, 5.41) is 9.93. The van der Waals surface area contributed by atoms with Gasteiger partial charge in [-0.25, -0.2) is 0 Å². The highest BCUT2D eigenvalue weighted by atomic mass is 16.5. The summed E-state index contributed by atoms with van der Waals surface area (Å²) in [4.78, 5) is 11.0. The van der Waals surface area contributed by atoms with Crippen LogP contribution in [0.3, 0.4) is 0 Å². The fourth-order valence-corrected chi connectivity index (χ4v) is 2.13. The molecule has 1 N–H and O–H groups in total. The van der Waals surface area contributed by atoms with Crippen molar-refractivity contribution < 1.29 is 9.84 Å². The van der Waals surface area contributed by atoms with Gasteiger partial charge < -0.3 is 14.7 Å². The number of aliphatic hydroxyl groups is 1. The topological polar surface area (TPSA) is 58.0 Å². The van der Waals surface area contributed by atoms with Crippen molar-refractivity contribution in [3.8, 4) is 0 Å². The summed E-state index contributed by atoms with van der Waals surface area (Å²) in [6.45, 7) is 5.98. The highest BCUT2D eigenvalue weighted by molar-refractivity contribution is 5.76. The van der Waals surface area contributed by atoms with Crippen LogP contribution in [0, 0.1) is 0 Å². The molecule has 0 saturated heterocycles. The van der Waals surface area contributed by atoms with Crippen LogP contribution in [-0.4, -0.2) is 48.0 Å². The predicted octanol–water partition coefficient (Wildman–Crippen LogP) is 2.03. The molecule has 1 aromatic rings. The highest BCUT2D eigenvalue weighted by Gasteiger charge is 2.17. The summed E-state index contributed by atoms with van der Waals surface area (Å²) in [6, 6.07) is 3.79. The Morgan fingerprint density at radius 3 is 2.81 bits per heavy atom. The summed E-state index contributed by atoms with van der Waals surface area (Å²) in [6.07, 6.45) is 6.71. The summed E-state index contributed by atoms with van der Waals surface area (Å²) in [5.41, 5.74) is 1.59. The van der Waals surface area contributed by atoms with Gasteiger partial charge in [0.2, 0.25) is 0 Å². The molecule has 0 atom stereocenters. The van der Waals surface area contributed by atoms with Crippen molar-refractivity contribution in [3.63, 3.8) is 0 Å². The van der Waals surface area contributed by atoms with Crippen LogP contribution in [0.15, 0.2) is 29.5 Å². The van der Waals surface area contributed by atoms with E-state index in [0.29, 0.717) is 5.69 Å². The average Bonchev–Trinajstić information content (AvgIpc) is 2.47. The van der Waals surface area contributed by atoms with Crippen LogP contribution in [0.25, 0.3) is 5.70 Å². The number of rotatable bonds is 6. The van der Waals surface area contributed by atoms with Crippen LogP contribution in [0.2, 0.25) is 0 Å². The molecule has 114 valence electrons. The molecule has 21 heavy (non-hydrogen) atoms. The molecule has 1 aliphatic rings. The van der Waals surface area contributed by atoms with E-state index in [1.807, 2.05) is 18.3 Å². The number of aliphatic imine (C=N–C) groups is 1. The van der Waals surface area contributed by atoms with Crippen molar-refractivity contribution in [1.29, 1.82) is 0 Å². The fraction of sp³-hybridized carbons (Fsp3) is 0.500. The number of hydrogen-bond donors (Lipinski definition) is 1. The molecule has 0 fully saturated rings. The minimum Gasteiger partial charge on any atom is -0.385 e. The molecule has 5 heteroatoms. The molecule has 1 aliphatic heterocycles. The summed E-state index contributed by atoms with van der Waals surface area (Å²) in [7, 11) is 1.72. The van der Waals surface area contributed by atoms with Crippen molar-refractivity contribution in [1.82, 2.24) is 9.88 Å². The number of ether oxygens (including phenoxy) is 1. The van der Waals surface area contributed by atoms with Crippen LogP contribution >= 0.6 is 0 Å². The number of aromatic nitrogens is 1. The first-order valence-corrected chi connectivity index (χ1v) is 7.17. The van der Waals surface area contributed by atoms with Gasteiger partial charge >= 0.3 is 0 Å². The predicted molar refractivity (Wildman–Crippen MR) is 84.0 cm³/mol. The van der Waals surface area contributed by atoms with Gasteiger partial charge in [0.15, 0.2) is 0 Å². The van der Waals surface area contributed by atoms with E-state index in [1.165, 1.54) is 0 Å². The van der Waals surface area contributed by atoms with E-state index in [2.05, 4.69) is 21.1 Å². The molecule has 0 unspecified atom stereocenters. The smallest absolute Gasteiger partial charge is 0.101 e. The Labute approximate surface area is 126 Å². The first-order valence-electron chi connectivity index (χ1n) is 7.17. The number of hydrogen-bond acceptors (Lipinski definition) is 5. The molecule has 0 saturated carbocycles. The lowest BCUT2D eigenvalue weighted by molar-refractivity contribution is 0.0738. The maximum atomic E-state index is 9.93. The Balaban J connectivity index is 2.08. The SMILES string of the molecule is COCCCN1C=C(c2ccc(C(C)(C)O)nc2)N=CC1. The molecule has 2 rings (SSSR count). The van der Waals surface area contributed by atoms with Crippen LogP contribution in [0.4, 0.5) is 0 Å². The lowest BCUT2D eigenvalue weighted by Gasteiger charge is -2.22. The third-order valence-corrected chi connectivity index (χ3v) is 3.33. The number of pyridine rings is 1. The third kappa shape index (κ3) is 4.37. The Hall–Kier alpha value is -1.72. The summed E-state index contributed by atoms with van der Waals surface area (Å²) >= 11 is 0. The van der Waals surface area contributed by atoms with E-state index in [4.69, 9.17) is 4.74 Å². The minimum absolute atomic E-state index is 0.656. The third-order valence-electron chi connectivity index (χ3n) is 3.33. The number of nitrogens with zero attached hydrogens (tertiary/aromatic N) is 3. The van der Waals surface area contributed by atoms with Gasteiger partial charge in [0.25, 0.3) is 0 Å². The Kier molecular flexibility index (Phi) is 5.09. The van der Waals surface area contributed by atoms with Crippen molar-refractivity contribution in [2.75, 3.05) is 26.8 Å². The first-order chi connectivity index (χ1) is 10.0. The monoisotopic (exact) mass is 289 g/mol. The standard InChI is InChI=1S/C16H23N3O2/c1-16(2,20)15-6-5-13(11-18-15)14-12-19(9-7-17-14)8-4-10-21-3/h5-7,11-12,20H,4,8-10H2,1-3H3. The molecule has 0 aromatic carbocycles. The molecule has 0 spiro atoms. The lowest BCUT2D eigenvalue weighted by Crippen LogP contribution is -2.24. The van der Waals surface area contributed by atoms with Crippen molar-refractivity contribution in [2.24, 2.45) is 4.99 Å². The van der Waals surface area contributed by atoms with E-state index >= 15 is 0 Å². The maximum absolute atomic E-state index is 9.93. The quantitative estimate of drug-likeness (QED) is 0.814. The highest BCUT2D eigenvalue weighted by Crippen LogP contribution is 2.22. The van der Waals surface area contributed by atoms with Crippen LogP contribution in [-0.2, 0) is 10.3 Å². The van der Waals surface area contributed by atoms with E-state index in [-0.39, 0.29) is 0 Å². The molecule has 2 heterocycles. The zero-order chi connectivity index (χ0) is 15.3. The second kappa shape index (κ2) is 6.83. The van der Waals surface area contributed by atoms with Crippen molar-refractivity contribution >= 4 is 11.9 Å². The molecule has 0 aliphatic carbocycles. The van der Waals surface area contributed by atoms with E-state index < -0.39 is 5.60 Å². The zero-order valence-corrected chi connectivity index (χ0v) is 12.9. The maximum Gasteiger partial charge on any atom is 0.101 e. The van der Waals surface area contributed by atoms with Crippen LogP contribution < -0.4 is 0 Å². The van der Waals surface area contributed by atoms with E-state index in [1.54, 1.807) is 27.2 Å².